The second-order valence-corrected chi connectivity index (χ2v) is 8.50. The number of hydrogen-bond donors (Lipinski definition) is 4. The van der Waals surface area contributed by atoms with Crippen molar-refractivity contribution in [3.05, 3.63) is 71.3 Å². The highest BCUT2D eigenvalue weighted by molar-refractivity contribution is 8.15. The smallest absolute Gasteiger partial charge is 0.273 e. The van der Waals surface area contributed by atoms with E-state index in [4.69, 9.17) is 10.1 Å². The Hall–Kier alpha value is -3.02. The number of nitrogens with zero attached hydrogens (tertiary/aromatic N) is 2. The first-order chi connectivity index (χ1) is 15.8. The van der Waals surface area contributed by atoms with Crippen molar-refractivity contribution in [2.24, 2.45) is 5.10 Å². The van der Waals surface area contributed by atoms with Crippen molar-refractivity contribution in [2.45, 2.75) is 24.3 Å². The maximum atomic E-state index is 14.6. The summed E-state index contributed by atoms with van der Waals surface area (Å²) in [6, 6.07) is 12.4. The SMILES string of the molecule is CNC(=N)NNCCC1(c2ccccc2)SC(c2cc(F)ccc2F)=NN1C(=O)[C@H](C)OC. The number of amides is 1. The lowest BCUT2D eigenvalue weighted by Crippen LogP contribution is -2.49. The second-order valence-electron chi connectivity index (χ2n) is 7.24. The zero-order valence-electron chi connectivity index (χ0n) is 18.5. The van der Waals surface area contributed by atoms with Gasteiger partial charge in [-0.3, -0.25) is 15.6 Å². The minimum atomic E-state index is -1.06. The van der Waals surface area contributed by atoms with Crippen LogP contribution in [-0.2, 0) is 14.4 Å². The molecule has 0 spiro atoms. The number of hydrazine groups is 1. The molecule has 0 aromatic heterocycles. The Morgan fingerprint density at radius 2 is 2.00 bits per heavy atom. The number of benzene rings is 2. The van der Waals surface area contributed by atoms with E-state index < -0.39 is 28.5 Å². The van der Waals surface area contributed by atoms with Crippen LogP contribution in [0.4, 0.5) is 8.78 Å². The Balaban J connectivity index is 2.05. The van der Waals surface area contributed by atoms with Crippen LogP contribution < -0.4 is 16.2 Å². The van der Waals surface area contributed by atoms with Gasteiger partial charge in [0.1, 0.15) is 27.7 Å². The lowest BCUT2D eigenvalue weighted by Gasteiger charge is -2.37. The van der Waals surface area contributed by atoms with Gasteiger partial charge in [0, 0.05) is 32.7 Å². The fourth-order valence-corrected chi connectivity index (χ4v) is 4.68. The number of thioether (sulfide) groups is 1. The number of rotatable bonds is 8. The van der Waals surface area contributed by atoms with Gasteiger partial charge in [-0.2, -0.15) is 5.10 Å². The van der Waals surface area contributed by atoms with Gasteiger partial charge < -0.3 is 10.1 Å². The van der Waals surface area contributed by atoms with Crippen LogP contribution in [0.5, 0.6) is 0 Å². The highest BCUT2D eigenvalue weighted by Crippen LogP contribution is 2.50. The molecular formula is C22H26F2N6O2S. The minimum Gasteiger partial charge on any atom is -0.372 e. The van der Waals surface area contributed by atoms with Crippen LogP contribution in [0.3, 0.4) is 0 Å². The van der Waals surface area contributed by atoms with Crippen molar-refractivity contribution in [3.63, 3.8) is 0 Å². The third-order valence-corrected chi connectivity index (χ3v) is 6.59. The maximum absolute atomic E-state index is 14.6. The molecule has 0 bridgehead atoms. The zero-order valence-corrected chi connectivity index (χ0v) is 19.3. The van der Waals surface area contributed by atoms with Gasteiger partial charge in [-0.1, -0.05) is 42.1 Å². The molecular weight excluding hydrogens is 450 g/mol. The summed E-state index contributed by atoms with van der Waals surface area (Å²) in [5, 5.41) is 16.2. The van der Waals surface area contributed by atoms with E-state index in [0.29, 0.717) is 13.0 Å². The Morgan fingerprint density at radius 3 is 2.67 bits per heavy atom. The highest BCUT2D eigenvalue weighted by atomic mass is 32.2. The van der Waals surface area contributed by atoms with Crippen molar-refractivity contribution >= 4 is 28.7 Å². The summed E-state index contributed by atoms with van der Waals surface area (Å²) in [5.41, 5.74) is 6.36. The van der Waals surface area contributed by atoms with Gasteiger partial charge in [0.25, 0.3) is 5.91 Å². The van der Waals surface area contributed by atoms with E-state index in [2.05, 4.69) is 21.3 Å². The monoisotopic (exact) mass is 476 g/mol. The second kappa shape index (κ2) is 10.7. The van der Waals surface area contributed by atoms with Gasteiger partial charge in [0.05, 0.1) is 0 Å². The number of carbonyl (C=O) groups is 1. The normalized spacial score (nSPS) is 18.6. The van der Waals surface area contributed by atoms with Gasteiger partial charge in [0.15, 0.2) is 0 Å². The predicted octanol–water partition coefficient (Wildman–Crippen LogP) is 2.73. The van der Waals surface area contributed by atoms with Crippen molar-refractivity contribution in [3.8, 4) is 0 Å². The van der Waals surface area contributed by atoms with Crippen LogP contribution in [0.2, 0.25) is 0 Å². The molecule has 0 aliphatic carbocycles. The Labute approximate surface area is 195 Å². The van der Waals surface area contributed by atoms with Gasteiger partial charge in [0.2, 0.25) is 5.96 Å². The van der Waals surface area contributed by atoms with Crippen molar-refractivity contribution in [1.29, 1.82) is 5.41 Å². The van der Waals surface area contributed by atoms with Crippen molar-refractivity contribution in [1.82, 2.24) is 21.2 Å². The fourth-order valence-electron chi connectivity index (χ4n) is 3.29. The average Bonchev–Trinajstić information content (AvgIpc) is 3.23. The molecule has 0 radical (unpaired) electrons. The van der Waals surface area contributed by atoms with Crippen molar-refractivity contribution in [2.75, 3.05) is 20.7 Å². The first-order valence-electron chi connectivity index (χ1n) is 10.2. The number of halogens is 2. The third-order valence-electron chi connectivity index (χ3n) is 5.14. The van der Waals surface area contributed by atoms with Gasteiger partial charge in [-0.05, 0) is 30.7 Å². The standard InChI is InChI=1S/C22H26F2N6O2S/c1-14(32-3)20(31)30-22(15-7-5-4-6-8-15,11-12-27-28-21(25)26-2)33-19(29-30)17-13-16(23)9-10-18(17)24/h4-10,13-14,27H,11-12H2,1-3H3,(H3,25,26,28)/t14-,22?/m0/s1. The summed E-state index contributed by atoms with van der Waals surface area (Å²) < 4.78 is 33.8. The molecule has 1 aliphatic heterocycles. The number of ether oxygens (including phenoxy) is 1. The summed E-state index contributed by atoms with van der Waals surface area (Å²) >= 11 is 1.17. The topological polar surface area (TPSA) is 102 Å². The molecule has 1 amide bonds. The van der Waals surface area contributed by atoms with Gasteiger partial charge in [-0.25, -0.2) is 19.2 Å². The van der Waals surface area contributed by atoms with Crippen LogP contribution in [0.25, 0.3) is 0 Å². The number of hydrogen-bond acceptors (Lipinski definition) is 6. The molecule has 8 nitrogen and oxygen atoms in total. The van der Waals surface area contributed by atoms with Crippen LogP contribution in [0.15, 0.2) is 53.6 Å². The number of nitrogens with one attached hydrogen (secondary N) is 4. The summed E-state index contributed by atoms with van der Waals surface area (Å²) in [7, 11) is 3.02. The lowest BCUT2D eigenvalue weighted by molar-refractivity contribution is -0.144. The molecule has 0 saturated heterocycles. The molecule has 0 fully saturated rings. The van der Waals surface area contributed by atoms with Crippen LogP contribution in [0.1, 0.15) is 24.5 Å². The summed E-state index contributed by atoms with van der Waals surface area (Å²) in [5.74, 6) is -1.59. The van der Waals surface area contributed by atoms with Gasteiger partial charge in [-0.15, -0.1) is 0 Å². The maximum Gasteiger partial charge on any atom is 0.273 e. The molecule has 33 heavy (non-hydrogen) atoms. The first-order valence-corrected chi connectivity index (χ1v) is 11.0. The average molecular weight is 477 g/mol. The van der Waals surface area contributed by atoms with E-state index in [9.17, 15) is 13.6 Å². The third kappa shape index (κ3) is 5.32. The van der Waals surface area contributed by atoms with Crippen LogP contribution in [0, 0.1) is 17.0 Å². The van der Waals surface area contributed by atoms with E-state index in [-0.39, 0.29) is 16.6 Å². The lowest BCUT2D eigenvalue weighted by atomic mass is 10.0. The van der Waals surface area contributed by atoms with E-state index in [1.165, 1.54) is 23.9 Å². The molecule has 2 aromatic rings. The Bertz CT molecular complexity index is 1040. The molecule has 1 heterocycles. The minimum absolute atomic E-state index is 0.0243. The summed E-state index contributed by atoms with van der Waals surface area (Å²) in [6.45, 7) is 1.93. The number of guanidine groups is 1. The molecule has 176 valence electrons. The van der Waals surface area contributed by atoms with Crippen LogP contribution in [-0.4, -0.2) is 48.7 Å². The molecule has 1 unspecified atom stereocenters. The van der Waals surface area contributed by atoms with E-state index >= 15 is 0 Å². The molecule has 2 atom stereocenters. The van der Waals surface area contributed by atoms with E-state index in [0.717, 1.165) is 23.8 Å². The van der Waals surface area contributed by atoms with E-state index in [1.54, 1.807) is 14.0 Å². The number of methoxy groups -OCH3 is 1. The highest BCUT2D eigenvalue weighted by Gasteiger charge is 2.49. The molecule has 4 N–H and O–H groups in total. The molecule has 2 aromatic carbocycles. The summed E-state index contributed by atoms with van der Waals surface area (Å²) in [4.78, 5) is 12.3. The zero-order chi connectivity index (χ0) is 24.0. The molecule has 0 saturated carbocycles. The molecule has 1 aliphatic rings. The van der Waals surface area contributed by atoms with Crippen LogP contribution >= 0.6 is 11.8 Å². The van der Waals surface area contributed by atoms with E-state index in [1.807, 2.05) is 30.3 Å². The van der Waals surface area contributed by atoms with Crippen molar-refractivity contribution < 1.29 is 18.3 Å². The fraction of sp³-hybridized carbons (Fsp3) is 0.318. The molecule has 11 heteroatoms. The quantitative estimate of drug-likeness (QED) is 0.202. The number of carbonyl (C=O) groups excluding carboxylic acids is 1. The van der Waals surface area contributed by atoms with Gasteiger partial charge >= 0.3 is 0 Å². The largest absolute Gasteiger partial charge is 0.372 e. The molecule has 3 rings (SSSR count). The predicted molar refractivity (Wildman–Crippen MR) is 124 cm³/mol. The first kappa shape index (κ1) is 24.6. The Morgan fingerprint density at radius 1 is 1.27 bits per heavy atom. The Kier molecular flexibility index (Phi) is 8.01. The summed E-state index contributed by atoms with van der Waals surface area (Å²) in [6.07, 6.45) is -0.477. The number of hydrazone groups is 1.